The Labute approximate surface area is 140 Å². The second-order valence-corrected chi connectivity index (χ2v) is 5.35. The number of ether oxygens (including phenoxy) is 1. The Hall–Kier alpha value is -2.51. The summed E-state index contributed by atoms with van der Waals surface area (Å²) in [4.78, 5) is 14.0. The van der Waals surface area contributed by atoms with Gasteiger partial charge in [0.25, 0.3) is 5.91 Å². The van der Waals surface area contributed by atoms with E-state index in [2.05, 4.69) is 0 Å². The zero-order chi connectivity index (χ0) is 16.7. The van der Waals surface area contributed by atoms with Crippen LogP contribution in [0.3, 0.4) is 0 Å². The smallest absolute Gasteiger partial charge is 0.260 e. The normalized spacial score (nSPS) is 9.96. The average molecular weight is 329 g/mol. The lowest BCUT2D eigenvalue weighted by Crippen LogP contribution is -2.34. The Kier molecular flexibility index (Phi) is 6.02. The highest BCUT2D eigenvalue weighted by Crippen LogP contribution is 2.25. The van der Waals surface area contributed by atoms with Gasteiger partial charge in [-0.25, -0.2) is 0 Å². The summed E-state index contributed by atoms with van der Waals surface area (Å²) in [6, 6.07) is 16.5. The molecular weight excluding hydrogens is 312 g/mol. The lowest BCUT2D eigenvalue weighted by molar-refractivity contribution is -0.133. The quantitative estimate of drug-likeness (QED) is 0.813. The molecule has 23 heavy (non-hydrogen) atoms. The number of benzene rings is 2. The molecule has 0 heterocycles. The number of carbonyl (C=O) groups excluding carboxylic acids is 1. The van der Waals surface area contributed by atoms with Gasteiger partial charge in [-0.05, 0) is 30.7 Å². The second kappa shape index (κ2) is 8.21. The molecule has 0 unspecified atom stereocenters. The van der Waals surface area contributed by atoms with Crippen molar-refractivity contribution < 1.29 is 9.53 Å². The SMILES string of the molecule is CCN(Cc1ccccc1)C(=O)COc1ccc(C#N)cc1Cl. The monoisotopic (exact) mass is 328 g/mol. The Morgan fingerprint density at radius 2 is 2.00 bits per heavy atom. The molecule has 4 nitrogen and oxygen atoms in total. The maximum absolute atomic E-state index is 12.3. The largest absolute Gasteiger partial charge is 0.482 e. The van der Waals surface area contributed by atoms with Crippen LogP contribution in [0.15, 0.2) is 48.5 Å². The molecule has 1 amide bonds. The van der Waals surface area contributed by atoms with Crippen molar-refractivity contribution in [3.05, 3.63) is 64.7 Å². The van der Waals surface area contributed by atoms with Crippen LogP contribution in [-0.2, 0) is 11.3 Å². The van der Waals surface area contributed by atoms with Gasteiger partial charge in [0.1, 0.15) is 5.75 Å². The van der Waals surface area contributed by atoms with Gasteiger partial charge in [-0.3, -0.25) is 4.79 Å². The van der Waals surface area contributed by atoms with E-state index in [1.807, 2.05) is 43.3 Å². The molecule has 0 saturated carbocycles. The van der Waals surface area contributed by atoms with Crippen molar-refractivity contribution >= 4 is 17.5 Å². The summed E-state index contributed by atoms with van der Waals surface area (Å²) in [5.41, 5.74) is 1.52. The van der Waals surface area contributed by atoms with Crippen molar-refractivity contribution in [2.75, 3.05) is 13.2 Å². The molecule has 2 rings (SSSR count). The predicted octanol–water partition coefficient (Wildman–Crippen LogP) is 3.64. The molecule has 2 aromatic rings. The van der Waals surface area contributed by atoms with E-state index < -0.39 is 0 Å². The summed E-state index contributed by atoms with van der Waals surface area (Å²) in [6.07, 6.45) is 0. The van der Waals surface area contributed by atoms with Gasteiger partial charge in [-0.15, -0.1) is 0 Å². The van der Waals surface area contributed by atoms with Crippen molar-refractivity contribution in [2.45, 2.75) is 13.5 Å². The van der Waals surface area contributed by atoms with E-state index in [4.69, 9.17) is 21.6 Å². The Balaban J connectivity index is 1.96. The third-order valence-electron chi connectivity index (χ3n) is 3.36. The molecule has 0 aliphatic heterocycles. The zero-order valence-corrected chi connectivity index (χ0v) is 13.6. The number of amides is 1. The molecule has 2 aromatic carbocycles. The van der Waals surface area contributed by atoms with Crippen LogP contribution in [0, 0.1) is 11.3 Å². The highest BCUT2D eigenvalue weighted by atomic mass is 35.5. The summed E-state index contributed by atoms with van der Waals surface area (Å²) in [7, 11) is 0. The highest BCUT2D eigenvalue weighted by Gasteiger charge is 2.14. The van der Waals surface area contributed by atoms with Crippen LogP contribution in [0.4, 0.5) is 0 Å². The molecule has 0 radical (unpaired) electrons. The summed E-state index contributed by atoms with van der Waals surface area (Å²) in [6.45, 7) is 2.97. The number of likely N-dealkylation sites (N-methyl/N-ethyl adjacent to an activating group) is 1. The van der Waals surface area contributed by atoms with Crippen LogP contribution in [0.5, 0.6) is 5.75 Å². The lowest BCUT2D eigenvalue weighted by atomic mass is 10.2. The Morgan fingerprint density at radius 3 is 2.61 bits per heavy atom. The van der Waals surface area contributed by atoms with Gasteiger partial charge in [0.05, 0.1) is 16.7 Å². The number of hydrogen-bond donors (Lipinski definition) is 0. The minimum atomic E-state index is -0.114. The maximum Gasteiger partial charge on any atom is 0.260 e. The van der Waals surface area contributed by atoms with Gasteiger partial charge in [-0.2, -0.15) is 5.26 Å². The third-order valence-corrected chi connectivity index (χ3v) is 3.66. The predicted molar refractivity (Wildman–Crippen MR) is 89.2 cm³/mol. The van der Waals surface area contributed by atoms with Crippen LogP contribution >= 0.6 is 11.6 Å². The number of rotatable bonds is 6. The summed E-state index contributed by atoms with van der Waals surface area (Å²) < 4.78 is 5.49. The number of hydrogen-bond acceptors (Lipinski definition) is 3. The molecule has 0 fully saturated rings. The minimum Gasteiger partial charge on any atom is -0.482 e. The van der Waals surface area contributed by atoms with E-state index in [-0.39, 0.29) is 12.5 Å². The third kappa shape index (κ3) is 4.73. The van der Waals surface area contributed by atoms with Crippen LogP contribution in [0.25, 0.3) is 0 Å². The second-order valence-electron chi connectivity index (χ2n) is 4.94. The fraction of sp³-hybridized carbons (Fsp3) is 0.222. The molecule has 0 spiro atoms. The first-order valence-corrected chi connectivity index (χ1v) is 7.66. The summed E-state index contributed by atoms with van der Waals surface area (Å²) in [5.74, 6) is 0.284. The molecule has 5 heteroatoms. The molecule has 0 aromatic heterocycles. The van der Waals surface area contributed by atoms with Crippen molar-refractivity contribution in [1.82, 2.24) is 4.90 Å². The average Bonchev–Trinajstić information content (AvgIpc) is 2.59. The highest BCUT2D eigenvalue weighted by molar-refractivity contribution is 6.32. The van der Waals surface area contributed by atoms with Gasteiger partial charge >= 0.3 is 0 Å². The first kappa shape index (κ1) is 16.9. The number of nitriles is 1. The molecule has 0 saturated heterocycles. The van der Waals surface area contributed by atoms with Gasteiger partial charge in [-0.1, -0.05) is 41.9 Å². The molecule has 118 valence electrons. The Morgan fingerprint density at radius 1 is 1.26 bits per heavy atom. The molecule has 0 aliphatic rings. The first-order chi connectivity index (χ1) is 11.1. The maximum atomic E-state index is 12.3. The topological polar surface area (TPSA) is 53.3 Å². The van der Waals surface area contributed by atoms with Crippen LogP contribution in [0.2, 0.25) is 5.02 Å². The van der Waals surface area contributed by atoms with E-state index in [1.54, 1.807) is 17.0 Å². The fourth-order valence-electron chi connectivity index (χ4n) is 2.10. The van der Waals surface area contributed by atoms with Gasteiger partial charge < -0.3 is 9.64 Å². The van der Waals surface area contributed by atoms with E-state index >= 15 is 0 Å². The molecule has 0 aliphatic carbocycles. The minimum absolute atomic E-state index is 0.0910. The number of halogens is 1. The van der Waals surface area contributed by atoms with Gasteiger partial charge in [0.2, 0.25) is 0 Å². The molecule has 0 atom stereocenters. The van der Waals surface area contributed by atoms with Gasteiger partial charge in [0, 0.05) is 13.1 Å². The van der Waals surface area contributed by atoms with E-state index in [0.717, 1.165) is 5.56 Å². The van der Waals surface area contributed by atoms with E-state index in [1.165, 1.54) is 6.07 Å². The van der Waals surface area contributed by atoms with Crippen LogP contribution in [-0.4, -0.2) is 24.0 Å². The van der Waals surface area contributed by atoms with Crippen molar-refractivity contribution in [3.8, 4) is 11.8 Å². The van der Waals surface area contributed by atoms with Crippen molar-refractivity contribution in [1.29, 1.82) is 5.26 Å². The van der Waals surface area contributed by atoms with E-state index in [9.17, 15) is 4.79 Å². The molecular formula is C18H17ClN2O2. The van der Waals surface area contributed by atoms with Gasteiger partial charge in [0.15, 0.2) is 6.61 Å². The molecule has 0 N–H and O–H groups in total. The Bertz CT molecular complexity index is 711. The van der Waals surface area contributed by atoms with Crippen LogP contribution < -0.4 is 4.74 Å². The summed E-state index contributed by atoms with van der Waals surface area (Å²) >= 11 is 6.03. The van der Waals surface area contributed by atoms with Crippen LogP contribution in [0.1, 0.15) is 18.1 Å². The first-order valence-electron chi connectivity index (χ1n) is 7.28. The summed E-state index contributed by atoms with van der Waals surface area (Å²) in [5, 5.41) is 9.13. The fourth-order valence-corrected chi connectivity index (χ4v) is 2.33. The van der Waals surface area contributed by atoms with Crippen molar-refractivity contribution in [2.24, 2.45) is 0 Å². The molecule has 0 bridgehead atoms. The standard InChI is InChI=1S/C18H17ClN2O2/c1-2-21(12-14-6-4-3-5-7-14)18(22)13-23-17-9-8-15(11-20)10-16(17)19/h3-10H,2,12-13H2,1H3. The number of nitrogens with zero attached hydrogens (tertiary/aromatic N) is 2. The zero-order valence-electron chi connectivity index (χ0n) is 12.8. The van der Waals surface area contributed by atoms with Crippen molar-refractivity contribution in [3.63, 3.8) is 0 Å². The lowest BCUT2D eigenvalue weighted by Gasteiger charge is -2.21. The number of carbonyl (C=O) groups is 1. The van der Waals surface area contributed by atoms with E-state index in [0.29, 0.717) is 29.4 Å².